The van der Waals surface area contributed by atoms with E-state index in [2.05, 4.69) is 13.8 Å². The number of unbranched alkanes of at least 4 members (excludes halogenated alkanes) is 1. The molecule has 0 fully saturated rings. The van der Waals surface area contributed by atoms with E-state index in [0.717, 1.165) is 6.42 Å². The smallest absolute Gasteiger partial charge is 0.238 e. The summed E-state index contributed by atoms with van der Waals surface area (Å²) < 4.78 is 27.9. The van der Waals surface area contributed by atoms with Crippen molar-refractivity contribution in [3.8, 4) is 5.75 Å². The predicted molar refractivity (Wildman–Crippen MR) is 76.6 cm³/mol. The van der Waals surface area contributed by atoms with Gasteiger partial charge in [0.2, 0.25) is 10.0 Å². The van der Waals surface area contributed by atoms with Crippen LogP contribution in [-0.2, 0) is 10.0 Å². The first kappa shape index (κ1) is 16.0. The Morgan fingerprint density at radius 2 is 1.84 bits per heavy atom. The maximum Gasteiger partial charge on any atom is 0.238 e. The lowest BCUT2D eigenvalue weighted by atomic mass is 10.0. The number of benzene rings is 1. The summed E-state index contributed by atoms with van der Waals surface area (Å²) >= 11 is 0. The zero-order chi connectivity index (χ0) is 14.3. The molecule has 0 aliphatic rings. The SMILES string of the molecule is CCCCC(CC)COc1ccc(S(N)(=O)=O)cc1. The van der Waals surface area contributed by atoms with Crippen LogP contribution in [0, 0.1) is 5.92 Å². The highest BCUT2D eigenvalue weighted by molar-refractivity contribution is 7.89. The molecule has 0 aliphatic carbocycles. The van der Waals surface area contributed by atoms with Gasteiger partial charge < -0.3 is 4.74 Å². The van der Waals surface area contributed by atoms with E-state index < -0.39 is 10.0 Å². The molecule has 0 heterocycles. The fourth-order valence-corrected chi connectivity index (χ4v) is 2.35. The molecule has 1 unspecified atom stereocenters. The summed E-state index contributed by atoms with van der Waals surface area (Å²) in [4.78, 5) is 0.109. The Hall–Kier alpha value is -1.07. The highest BCUT2D eigenvalue weighted by atomic mass is 32.2. The molecule has 1 aromatic carbocycles. The summed E-state index contributed by atoms with van der Waals surface area (Å²) in [5, 5.41) is 5.04. The highest BCUT2D eigenvalue weighted by Gasteiger charge is 2.09. The monoisotopic (exact) mass is 285 g/mol. The Balaban J connectivity index is 2.53. The minimum Gasteiger partial charge on any atom is -0.493 e. The van der Waals surface area contributed by atoms with Crippen LogP contribution in [0.25, 0.3) is 0 Å². The van der Waals surface area contributed by atoms with E-state index in [9.17, 15) is 8.42 Å². The quantitative estimate of drug-likeness (QED) is 0.798. The average Bonchev–Trinajstić information content (AvgIpc) is 2.38. The molecule has 1 aromatic rings. The van der Waals surface area contributed by atoms with Crippen molar-refractivity contribution >= 4 is 10.0 Å². The number of sulfonamides is 1. The maximum absolute atomic E-state index is 11.1. The minimum absolute atomic E-state index is 0.109. The lowest BCUT2D eigenvalue weighted by molar-refractivity contribution is 0.233. The summed E-state index contributed by atoms with van der Waals surface area (Å²) in [5.41, 5.74) is 0. The second-order valence-corrected chi connectivity index (χ2v) is 6.31. The maximum atomic E-state index is 11.1. The predicted octanol–water partition coefficient (Wildman–Crippen LogP) is 2.93. The van der Waals surface area contributed by atoms with Gasteiger partial charge in [-0.25, -0.2) is 13.6 Å². The lowest BCUT2D eigenvalue weighted by Crippen LogP contribution is -2.13. The molecule has 108 valence electrons. The largest absolute Gasteiger partial charge is 0.493 e. The van der Waals surface area contributed by atoms with Gasteiger partial charge in [0.15, 0.2) is 0 Å². The first-order valence-corrected chi connectivity index (χ1v) is 8.27. The molecule has 4 nitrogen and oxygen atoms in total. The van der Waals surface area contributed by atoms with E-state index in [1.54, 1.807) is 12.1 Å². The Morgan fingerprint density at radius 3 is 2.32 bits per heavy atom. The van der Waals surface area contributed by atoms with E-state index in [1.165, 1.54) is 31.4 Å². The molecule has 0 spiro atoms. The lowest BCUT2D eigenvalue weighted by Gasteiger charge is -2.15. The van der Waals surface area contributed by atoms with Crippen LogP contribution in [0.5, 0.6) is 5.75 Å². The van der Waals surface area contributed by atoms with Crippen molar-refractivity contribution in [3.05, 3.63) is 24.3 Å². The molecule has 1 rings (SSSR count). The van der Waals surface area contributed by atoms with Crippen LogP contribution in [0.3, 0.4) is 0 Å². The van der Waals surface area contributed by atoms with Crippen LogP contribution in [0.4, 0.5) is 0 Å². The molecule has 2 N–H and O–H groups in total. The van der Waals surface area contributed by atoms with Crippen molar-refractivity contribution < 1.29 is 13.2 Å². The van der Waals surface area contributed by atoms with Crippen LogP contribution < -0.4 is 9.88 Å². The van der Waals surface area contributed by atoms with Crippen molar-refractivity contribution in [1.82, 2.24) is 0 Å². The number of primary sulfonamides is 1. The molecule has 0 bridgehead atoms. The second kappa shape index (κ2) is 7.50. The van der Waals surface area contributed by atoms with Crippen LogP contribution in [0.15, 0.2) is 29.2 Å². The van der Waals surface area contributed by atoms with Gasteiger partial charge in [-0.2, -0.15) is 0 Å². The normalized spacial score (nSPS) is 13.2. The molecule has 5 heteroatoms. The number of rotatable bonds is 8. The summed E-state index contributed by atoms with van der Waals surface area (Å²) in [5.74, 6) is 1.24. The minimum atomic E-state index is -3.62. The zero-order valence-corrected chi connectivity index (χ0v) is 12.4. The first-order chi connectivity index (χ1) is 8.97. The highest BCUT2D eigenvalue weighted by Crippen LogP contribution is 2.18. The molecule has 0 aromatic heterocycles. The fourth-order valence-electron chi connectivity index (χ4n) is 1.84. The summed E-state index contributed by atoms with van der Waals surface area (Å²) in [6, 6.07) is 6.23. The molecular weight excluding hydrogens is 262 g/mol. The Kier molecular flexibility index (Phi) is 6.31. The van der Waals surface area contributed by atoms with Gasteiger partial charge in [-0.15, -0.1) is 0 Å². The van der Waals surface area contributed by atoms with Gasteiger partial charge >= 0.3 is 0 Å². The van der Waals surface area contributed by atoms with Crippen LogP contribution in [-0.4, -0.2) is 15.0 Å². The van der Waals surface area contributed by atoms with Crippen LogP contribution in [0.2, 0.25) is 0 Å². The van der Waals surface area contributed by atoms with Gasteiger partial charge in [-0.3, -0.25) is 0 Å². The van der Waals surface area contributed by atoms with E-state index in [4.69, 9.17) is 9.88 Å². The second-order valence-electron chi connectivity index (χ2n) is 4.74. The molecular formula is C14H23NO3S. The van der Waals surface area contributed by atoms with Crippen LogP contribution in [0.1, 0.15) is 39.5 Å². The number of hydrogen-bond acceptors (Lipinski definition) is 3. The molecule has 19 heavy (non-hydrogen) atoms. The van der Waals surface area contributed by atoms with E-state index in [1.807, 2.05) is 0 Å². The van der Waals surface area contributed by atoms with Gasteiger partial charge in [0, 0.05) is 0 Å². The molecule has 0 saturated carbocycles. The van der Waals surface area contributed by atoms with Gasteiger partial charge in [0.25, 0.3) is 0 Å². The zero-order valence-electron chi connectivity index (χ0n) is 11.6. The van der Waals surface area contributed by atoms with Crippen LogP contribution >= 0.6 is 0 Å². The third kappa shape index (κ3) is 5.61. The molecule has 1 atom stereocenters. The van der Waals surface area contributed by atoms with E-state index >= 15 is 0 Å². The number of nitrogens with two attached hydrogens (primary N) is 1. The third-order valence-corrected chi connectivity index (χ3v) is 4.11. The Labute approximate surface area is 116 Å². The summed E-state index contributed by atoms with van der Waals surface area (Å²) in [6.07, 6.45) is 4.67. The van der Waals surface area contributed by atoms with E-state index in [0.29, 0.717) is 18.3 Å². The van der Waals surface area contributed by atoms with E-state index in [-0.39, 0.29) is 4.90 Å². The third-order valence-electron chi connectivity index (χ3n) is 3.18. The Morgan fingerprint density at radius 1 is 1.21 bits per heavy atom. The molecule has 0 amide bonds. The first-order valence-electron chi connectivity index (χ1n) is 6.73. The summed E-state index contributed by atoms with van der Waals surface area (Å²) in [7, 11) is -3.62. The van der Waals surface area contributed by atoms with Crippen molar-refractivity contribution in [1.29, 1.82) is 0 Å². The summed E-state index contributed by atoms with van der Waals surface area (Å²) in [6.45, 7) is 5.01. The van der Waals surface area contributed by atoms with Gasteiger partial charge in [-0.1, -0.05) is 33.1 Å². The number of hydrogen-bond donors (Lipinski definition) is 1. The van der Waals surface area contributed by atoms with Gasteiger partial charge in [-0.05, 0) is 36.6 Å². The number of ether oxygens (including phenoxy) is 1. The molecule has 0 radical (unpaired) electrons. The standard InChI is InChI=1S/C14H23NO3S/c1-3-5-6-12(4-2)11-18-13-7-9-14(10-8-13)19(15,16)17/h7-10,12H,3-6,11H2,1-2H3,(H2,15,16,17). The Bertz CT molecular complexity index is 468. The molecule has 0 aliphatic heterocycles. The van der Waals surface area contributed by atoms with Gasteiger partial charge in [0.1, 0.15) is 5.75 Å². The topological polar surface area (TPSA) is 69.4 Å². The van der Waals surface area contributed by atoms with Crippen molar-refractivity contribution in [2.45, 2.75) is 44.4 Å². The van der Waals surface area contributed by atoms with Crippen molar-refractivity contribution in [3.63, 3.8) is 0 Å². The fraction of sp³-hybridized carbons (Fsp3) is 0.571. The van der Waals surface area contributed by atoms with Gasteiger partial charge in [0.05, 0.1) is 11.5 Å². The van der Waals surface area contributed by atoms with Crippen molar-refractivity contribution in [2.75, 3.05) is 6.61 Å². The average molecular weight is 285 g/mol. The van der Waals surface area contributed by atoms with Crippen molar-refractivity contribution in [2.24, 2.45) is 11.1 Å². The molecule has 0 saturated heterocycles.